The van der Waals surface area contributed by atoms with Gasteiger partial charge in [0.05, 0.1) is 11.0 Å². The third-order valence-electron chi connectivity index (χ3n) is 5.37. The minimum atomic E-state index is -1.30. The number of pyridine rings is 1. The summed E-state index contributed by atoms with van der Waals surface area (Å²) in [4.78, 5) is 29.2. The van der Waals surface area contributed by atoms with Gasteiger partial charge in [-0.15, -0.1) is 0 Å². The third kappa shape index (κ3) is 5.67. The van der Waals surface area contributed by atoms with E-state index in [1.807, 2.05) is 0 Å². The molecule has 184 valence electrons. The number of piperidine rings is 1. The Kier molecular flexibility index (Phi) is 7.18. The molecule has 1 aliphatic rings. The van der Waals surface area contributed by atoms with Crippen LogP contribution in [0.25, 0.3) is 0 Å². The number of nitrogens with one attached hydrogen (secondary N) is 2. The maximum Gasteiger partial charge on any atom is 0.407 e. The molecule has 2 aromatic rings. The Labute approximate surface area is 194 Å². The molecule has 0 bridgehead atoms. The van der Waals surface area contributed by atoms with E-state index >= 15 is 0 Å². The van der Waals surface area contributed by atoms with Gasteiger partial charge in [0, 0.05) is 38.2 Å². The number of carbonyl (C=O) groups is 1. The number of hydrogen-bond donors (Lipinski definition) is 2. The van der Waals surface area contributed by atoms with Crippen LogP contribution in [0.15, 0.2) is 24.3 Å². The highest BCUT2D eigenvalue weighted by Crippen LogP contribution is 2.34. The molecular formula is C22H26F3N5O4. The standard InChI is InChI=1S/C22H26F3N5O4/c1-22(2,3)34-21(31)27-17-11-29(19-6-5-18(30(32)33)20(26-4)28-19)8-7-12(17)13-9-15(24)16(25)10-14(13)23/h5-6,9-10,12,17H,7-8,11H2,1-4H3,(H,26,28)(H,27,31)/t12-,17+/m1/s1. The average Bonchev–Trinajstić information content (AvgIpc) is 2.74. The summed E-state index contributed by atoms with van der Waals surface area (Å²) < 4.78 is 47.3. The van der Waals surface area contributed by atoms with Crippen molar-refractivity contribution in [3.8, 4) is 0 Å². The van der Waals surface area contributed by atoms with Gasteiger partial charge in [-0.05, 0) is 44.9 Å². The van der Waals surface area contributed by atoms with Crippen LogP contribution in [0, 0.1) is 27.6 Å². The number of nitro groups is 1. The van der Waals surface area contributed by atoms with Crippen molar-refractivity contribution < 1.29 is 27.6 Å². The molecule has 34 heavy (non-hydrogen) atoms. The maximum atomic E-state index is 14.6. The number of anilines is 2. The van der Waals surface area contributed by atoms with Gasteiger partial charge in [0.25, 0.3) is 0 Å². The second-order valence-electron chi connectivity index (χ2n) is 8.93. The molecular weight excluding hydrogens is 455 g/mol. The molecule has 2 atom stereocenters. The highest BCUT2D eigenvalue weighted by Gasteiger charge is 2.35. The van der Waals surface area contributed by atoms with E-state index in [2.05, 4.69) is 15.6 Å². The number of amides is 1. The van der Waals surface area contributed by atoms with E-state index in [9.17, 15) is 28.1 Å². The van der Waals surface area contributed by atoms with Gasteiger partial charge in [0.2, 0.25) is 5.82 Å². The largest absolute Gasteiger partial charge is 0.444 e. The van der Waals surface area contributed by atoms with Crippen molar-refractivity contribution in [1.29, 1.82) is 0 Å². The summed E-state index contributed by atoms with van der Waals surface area (Å²) in [5, 5.41) is 16.6. The summed E-state index contributed by atoms with van der Waals surface area (Å²) >= 11 is 0. The number of rotatable bonds is 5. The lowest BCUT2D eigenvalue weighted by Gasteiger charge is -2.40. The van der Waals surface area contributed by atoms with Crippen LogP contribution >= 0.6 is 0 Å². The van der Waals surface area contributed by atoms with Gasteiger partial charge in [-0.25, -0.2) is 22.9 Å². The van der Waals surface area contributed by atoms with Crippen molar-refractivity contribution in [3.05, 3.63) is 57.4 Å². The summed E-state index contributed by atoms with van der Waals surface area (Å²) in [5.41, 5.74) is -1.05. The van der Waals surface area contributed by atoms with Crippen LogP contribution in [-0.4, -0.2) is 47.8 Å². The van der Waals surface area contributed by atoms with Crippen LogP contribution in [-0.2, 0) is 4.74 Å². The zero-order valence-corrected chi connectivity index (χ0v) is 19.2. The summed E-state index contributed by atoms with van der Waals surface area (Å²) in [6.45, 7) is 5.50. The van der Waals surface area contributed by atoms with E-state index in [1.165, 1.54) is 19.2 Å². The minimum Gasteiger partial charge on any atom is -0.444 e. The predicted octanol–water partition coefficient (Wildman–Crippen LogP) is 4.34. The molecule has 12 heteroatoms. The van der Waals surface area contributed by atoms with Crippen molar-refractivity contribution in [3.63, 3.8) is 0 Å². The van der Waals surface area contributed by atoms with Crippen molar-refractivity contribution in [2.45, 2.75) is 44.8 Å². The van der Waals surface area contributed by atoms with Crippen molar-refractivity contribution in [2.24, 2.45) is 0 Å². The fourth-order valence-electron chi connectivity index (χ4n) is 3.91. The first-order valence-electron chi connectivity index (χ1n) is 10.6. The first-order valence-corrected chi connectivity index (χ1v) is 10.6. The molecule has 2 N–H and O–H groups in total. The first kappa shape index (κ1) is 25.1. The summed E-state index contributed by atoms with van der Waals surface area (Å²) in [6, 6.07) is 3.32. The normalized spacial score (nSPS) is 18.4. The SMILES string of the molecule is CNc1nc(N2CC[C@H](c3cc(F)c(F)cc3F)[C@@H](NC(=O)OC(C)(C)C)C2)ccc1[N+](=O)[O-]. The number of ether oxygens (including phenoxy) is 1. The van der Waals surface area contributed by atoms with Crippen LogP contribution in [0.2, 0.25) is 0 Å². The molecule has 1 aliphatic heterocycles. The Morgan fingerprint density at radius 3 is 2.50 bits per heavy atom. The molecule has 0 unspecified atom stereocenters. The Balaban J connectivity index is 1.93. The van der Waals surface area contributed by atoms with Gasteiger partial charge in [-0.1, -0.05) is 0 Å². The van der Waals surface area contributed by atoms with Gasteiger partial charge in [0.1, 0.15) is 17.2 Å². The second kappa shape index (κ2) is 9.74. The van der Waals surface area contributed by atoms with Gasteiger partial charge in [0.15, 0.2) is 11.6 Å². The zero-order chi connectivity index (χ0) is 25.2. The van der Waals surface area contributed by atoms with E-state index in [-0.39, 0.29) is 30.0 Å². The van der Waals surface area contributed by atoms with Crippen LogP contribution in [0.3, 0.4) is 0 Å². The van der Waals surface area contributed by atoms with Gasteiger partial charge in [-0.3, -0.25) is 10.1 Å². The van der Waals surface area contributed by atoms with E-state index in [0.717, 1.165) is 6.07 Å². The Morgan fingerprint density at radius 1 is 1.21 bits per heavy atom. The van der Waals surface area contributed by atoms with Crippen molar-refractivity contribution in [2.75, 3.05) is 30.4 Å². The summed E-state index contributed by atoms with van der Waals surface area (Å²) in [6.07, 6.45) is -0.490. The highest BCUT2D eigenvalue weighted by molar-refractivity contribution is 5.68. The molecule has 0 spiro atoms. The number of aromatic nitrogens is 1. The molecule has 0 aliphatic carbocycles. The number of halogens is 3. The van der Waals surface area contributed by atoms with Crippen molar-refractivity contribution in [1.82, 2.24) is 10.3 Å². The lowest BCUT2D eigenvalue weighted by Crippen LogP contribution is -2.53. The van der Waals surface area contributed by atoms with E-state index in [0.29, 0.717) is 18.4 Å². The molecule has 1 amide bonds. The highest BCUT2D eigenvalue weighted by atomic mass is 19.2. The topological polar surface area (TPSA) is 110 Å². The van der Waals surface area contributed by atoms with E-state index < -0.39 is 46.0 Å². The average molecular weight is 481 g/mol. The second-order valence-corrected chi connectivity index (χ2v) is 8.93. The molecule has 9 nitrogen and oxygen atoms in total. The first-order chi connectivity index (χ1) is 15.9. The molecule has 1 fully saturated rings. The molecule has 3 rings (SSSR count). The van der Waals surface area contributed by atoms with Gasteiger partial charge >= 0.3 is 11.8 Å². The molecule has 2 heterocycles. The number of carbonyl (C=O) groups excluding carboxylic acids is 1. The molecule has 0 radical (unpaired) electrons. The molecule has 1 saturated heterocycles. The Morgan fingerprint density at radius 2 is 1.88 bits per heavy atom. The number of hydrogen-bond acceptors (Lipinski definition) is 7. The van der Waals surface area contributed by atoms with E-state index in [4.69, 9.17) is 4.74 Å². The van der Waals surface area contributed by atoms with Gasteiger partial charge in [-0.2, -0.15) is 0 Å². The number of alkyl carbamates (subject to hydrolysis) is 1. The predicted molar refractivity (Wildman–Crippen MR) is 119 cm³/mol. The Hall–Kier alpha value is -3.57. The Bertz CT molecular complexity index is 1090. The monoisotopic (exact) mass is 481 g/mol. The van der Waals surface area contributed by atoms with Crippen LogP contribution in [0.1, 0.15) is 38.7 Å². The van der Waals surface area contributed by atoms with Crippen LogP contribution in [0.5, 0.6) is 0 Å². The zero-order valence-electron chi connectivity index (χ0n) is 19.2. The summed E-state index contributed by atoms with van der Waals surface area (Å²) in [5.74, 6) is -3.63. The maximum absolute atomic E-state index is 14.6. The van der Waals surface area contributed by atoms with Gasteiger partial charge < -0.3 is 20.3 Å². The third-order valence-corrected chi connectivity index (χ3v) is 5.37. The lowest BCUT2D eigenvalue weighted by atomic mass is 9.84. The van der Waals surface area contributed by atoms with Crippen molar-refractivity contribution >= 4 is 23.4 Å². The molecule has 1 aromatic carbocycles. The number of nitrogens with zero attached hydrogens (tertiary/aromatic N) is 3. The number of benzene rings is 1. The minimum absolute atomic E-state index is 0.0628. The molecule has 1 aromatic heterocycles. The summed E-state index contributed by atoms with van der Waals surface area (Å²) in [7, 11) is 1.50. The smallest absolute Gasteiger partial charge is 0.407 e. The van der Waals surface area contributed by atoms with E-state index in [1.54, 1.807) is 25.7 Å². The fraction of sp³-hybridized carbons (Fsp3) is 0.455. The lowest BCUT2D eigenvalue weighted by molar-refractivity contribution is -0.384. The van der Waals surface area contributed by atoms with Crippen LogP contribution < -0.4 is 15.5 Å². The fourth-order valence-corrected chi connectivity index (χ4v) is 3.91. The molecule has 0 saturated carbocycles. The quantitative estimate of drug-likeness (QED) is 0.372. The van der Waals surface area contributed by atoms with Crippen LogP contribution in [0.4, 0.5) is 35.3 Å².